The number of ether oxygens (including phenoxy) is 3. The first-order chi connectivity index (χ1) is 27.7. The van der Waals surface area contributed by atoms with E-state index in [0.717, 1.165) is 19.4 Å². The van der Waals surface area contributed by atoms with Crippen molar-refractivity contribution in [3.63, 3.8) is 0 Å². The molecule has 2 aromatic heterocycles. The lowest BCUT2D eigenvalue weighted by molar-refractivity contribution is -0.141. The Labute approximate surface area is 339 Å². The SMILES string of the molecule is COCOc1cc(-c2ncc3c(N4CCCC(C(=O)O)C4)nc(OC[C@]45CCCN4C[C@@H](F)C5)nc3c2F)c2c(C#C[Si](C(C)C)(C(C)C)C(C)C)c(F)ccc2c1. The van der Waals surface area contributed by atoms with Crippen molar-refractivity contribution in [2.24, 2.45) is 5.92 Å². The minimum Gasteiger partial charge on any atom is -0.481 e. The molecule has 310 valence electrons. The number of hydrogen-bond acceptors (Lipinski definition) is 9. The Hall–Kier alpha value is -4.45. The molecule has 3 fully saturated rings. The number of nitrogens with zero attached hydrogens (tertiary/aromatic N) is 5. The lowest BCUT2D eigenvalue weighted by Gasteiger charge is -2.38. The first-order valence-corrected chi connectivity index (χ1v) is 22.7. The van der Waals surface area contributed by atoms with Crippen molar-refractivity contribution in [1.82, 2.24) is 19.9 Å². The minimum absolute atomic E-state index is 0.0791. The summed E-state index contributed by atoms with van der Waals surface area (Å²) in [5.74, 6) is 1.06. The molecule has 2 aromatic carbocycles. The van der Waals surface area contributed by atoms with Crippen molar-refractivity contribution in [2.75, 3.05) is 51.6 Å². The molecule has 1 unspecified atom stereocenters. The van der Waals surface area contributed by atoms with Gasteiger partial charge < -0.3 is 24.2 Å². The predicted molar refractivity (Wildman–Crippen MR) is 222 cm³/mol. The van der Waals surface area contributed by atoms with Crippen molar-refractivity contribution in [1.29, 1.82) is 0 Å². The number of fused-ring (bicyclic) bond motifs is 3. The quantitative estimate of drug-likeness (QED) is 0.0846. The van der Waals surface area contributed by atoms with Crippen molar-refractivity contribution in [3.05, 3.63) is 47.7 Å². The van der Waals surface area contributed by atoms with Crippen LogP contribution in [0.25, 0.3) is 32.9 Å². The van der Waals surface area contributed by atoms with Gasteiger partial charge in [0.1, 0.15) is 49.4 Å². The van der Waals surface area contributed by atoms with Crippen LogP contribution in [0.4, 0.5) is 19.0 Å². The van der Waals surface area contributed by atoms with Gasteiger partial charge in [-0.15, -0.1) is 5.54 Å². The van der Waals surface area contributed by atoms with E-state index >= 15 is 8.78 Å². The third-order valence-electron chi connectivity index (χ3n) is 12.9. The summed E-state index contributed by atoms with van der Waals surface area (Å²) in [4.78, 5) is 30.1. The number of rotatable bonds is 12. The molecule has 0 bridgehead atoms. The molecule has 0 saturated carbocycles. The van der Waals surface area contributed by atoms with Gasteiger partial charge in [0.2, 0.25) is 0 Å². The number of aromatic nitrogens is 3. The van der Waals surface area contributed by atoms with Crippen molar-refractivity contribution < 1.29 is 37.3 Å². The molecule has 7 rings (SSSR count). The Morgan fingerprint density at radius 1 is 1.03 bits per heavy atom. The van der Waals surface area contributed by atoms with E-state index in [9.17, 15) is 14.3 Å². The van der Waals surface area contributed by atoms with E-state index in [0.29, 0.717) is 71.3 Å². The van der Waals surface area contributed by atoms with E-state index in [2.05, 4.69) is 67.9 Å². The summed E-state index contributed by atoms with van der Waals surface area (Å²) in [7, 11) is -0.825. The van der Waals surface area contributed by atoms with Crippen LogP contribution in [0.2, 0.25) is 16.6 Å². The number of hydrogen-bond donors (Lipinski definition) is 1. The molecular weight excluding hydrogens is 764 g/mol. The van der Waals surface area contributed by atoms with Gasteiger partial charge in [-0.25, -0.2) is 13.2 Å². The normalized spacial score (nSPS) is 21.3. The maximum absolute atomic E-state index is 17.6. The first-order valence-electron chi connectivity index (χ1n) is 20.5. The standard InChI is InChI=1S/C44H54F3N5O5Si/c1-26(2)58(27(3)4,28(5)6)17-13-33-36(46)12-11-29-18-32(57-25-55-7)19-34(37(29)33)39-38(47)40-35(21-48-39)41(51-15-8-10-30(22-51)42(53)54)50-43(49-40)56-24-44-14-9-16-52(44)23-31(45)20-44/h11-12,18-19,21,26-28,30-31H,8-10,14-16,20,22-25H2,1-7H3,(H,53,54)/t30?,31-,44+/m0/s1. The number of methoxy groups -OCH3 is 1. The third-order valence-corrected chi connectivity index (χ3v) is 19.1. The summed E-state index contributed by atoms with van der Waals surface area (Å²) in [6, 6.07) is 6.25. The highest BCUT2D eigenvalue weighted by atomic mass is 28.3. The first kappa shape index (κ1) is 41.7. The second-order valence-electron chi connectivity index (χ2n) is 17.2. The molecule has 0 amide bonds. The number of piperidine rings is 1. The average molecular weight is 818 g/mol. The maximum atomic E-state index is 17.6. The van der Waals surface area contributed by atoms with Gasteiger partial charge in [-0.1, -0.05) is 53.5 Å². The van der Waals surface area contributed by atoms with Gasteiger partial charge in [-0.05, 0) is 72.4 Å². The summed E-state index contributed by atoms with van der Waals surface area (Å²) in [6.07, 6.45) is 3.60. The molecule has 3 aliphatic heterocycles. The zero-order chi connectivity index (χ0) is 41.5. The molecule has 0 spiro atoms. The number of carbonyl (C=O) groups is 1. The second kappa shape index (κ2) is 16.7. The topological polar surface area (TPSA) is 110 Å². The molecule has 3 atom stereocenters. The third kappa shape index (κ3) is 7.61. The lowest BCUT2D eigenvalue weighted by atomic mass is 9.95. The van der Waals surface area contributed by atoms with E-state index in [1.165, 1.54) is 19.4 Å². The molecule has 3 saturated heterocycles. The van der Waals surface area contributed by atoms with Gasteiger partial charge in [0, 0.05) is 50.3 Å². The Morgan fingerprint density at radius 3 is 2.50 bits per heavy atom. The number of carboxylic acids is 1. The molecule has 4 aromatic rings. The van der Waals surface area contributed by atoms with Crippen LogP contribution in [0.3, 0.4) is 0 Å². The Bertz CT molecular complexity index is 2240. The number of halogens is 3. The van der Waals surface area contributed by atoms with E-state index in [1.54, 1.807) is 18.2 Å². The summed E-state index contributed by atoms with van der Waals surface area (Å²) in [6.45, 7) is 14.9. The van der Waals surface area contributed by atoms with Crippen LogP contribution in [-0.4, -0.2) is 97.4 Å². The van der Waals surface area contributed by atoms with Crippen LogP contribution < -0.4 is 14.4 Å². The molecule has 3 aliphatic rings. The van der Waals surface area contributed by atoms with Crippen LogP contribution in [0.15, 0.2) is 30.5 Å². The largest absolute Gasteiger partial charge is 0.481 e. The minimum atomic E-state index is -2.32. The van der Waals surface area contributed by atoms with Crippen LogP contribution >= 0.6 is 0 Å². The monoisotopic (exact) mass is 817 g/mol. The molecule has 5 heterocycles. The van der Waals surface area contributed by atoms with Gasteiger partial charge in [0.15, 0.2) is 12.6 Å². The number of aliphatic carboxylic acids is 1. The molecular formula is C44H54F3N5O5Si. The van der Waals surface area contributed by atoms with Crippen LogP contribution in [0, 0.1) is 29.0 Å². The van der Waals surface area contributed by atoms with Gasteiger partial charge >= 0.3 is 12.0 Å². The van der Waals surface area contributed by atoms with Gasteiger partial charge in [-0.3, -0.25) is 14.7 Å². The highest BCUT2D eigenvalue weighted by molar-refractivity contribution is 6.90. The zero-order valence-electron chi connectivity index (χ0n) is 34.5. The number of anilines is 1. The van der Waals surface area contributed by atoms with Crippen molar-refractivity contribution in [3.8, 4) is 34.5 Å². The highest BCUT2D eigenvalue weighted by Gasteiger charge is 2.49. The summed E-state index contributed by atoms with van der Waals surface area (Å²) >= 11 is 0. The second-order valence-corrected chi connectivity index (χ2v) is 22.8. The number of benzene rings is 2. The van der Waals surface area contributed by atoms with Crippen LogP contribution in [-0.2, 0) is 9.53 Å². The number of alkyl halides is 1. The molecule has 1 N–H and O–H groups in total. The molecule has 58 heavy (non-hydrogen) atoms. The Morgan fingerprint density at radius 2 is 1.79 bits per heavy atom. The van der Waals surface area contributed by atoms with E-state index in [4.69, 9.17) is 19.2 Å². The summed E-state index contributed by atoms with van der Waals surface area (Å²) < 4.78 is 65.8. The number of carboxylic acid groups (broad SMARTS) is 1. The van der Waals surface area contributed by atoms with Crippen LogP contribution in [0.1, 0.15) is 79.2 Å². The van der Waals surface area contributed by atoms with E-state index in [1.807, 2.05) is 4.90 Å². The fraction of sp³-hybridized carbons (Fsp3) is 0.545. The van der Waals surface area contributed by atoms with Gasteiger partial charge in [-0.2, -0.15) is 9.97 Å². The fourth-order valence-electron chi connectivity index (χ4n) is 10.1. The maximum Gasteiger partial charge on any atom is 0.319 e. The molecule has 10 nitrogen and oxygen atoms in total. The molecule has 0 aliphatic carbocycles. The van der Waals surface area contributed by atoms with E-state index < -0.39 is 43.3 Å². The zero-order valence-corrected chi connectivity index (χ0v) is 35.5. The molecule has 0 radical (unpaired) electrons. The predicted octanol–water partition coefficient (Wildman–Crippen LogP) is 8.93. The van der Waals surface area contributed by atoms with Crippen molar-refractivity contribution >= 4 is 41.5 Å². The van der Waals surface area contributed by atoms with Crippen LogP contribution in [0.5, 0.6) is 11.8 Å². The fourth-order valence-corrected chi connectivity index (χ4v) is 15.3. The van der Waals surface area contributed by atoms with Crippen molar-refractivity contribution in [2.45, 2.75) is 102 Å². The Balaban J connectivity index is 1.43. The van der Waals surface area contributed by atoms with Gasteiger partial charge in [0.25, 0.3) is 0 Å². The smallest absolute Gasteiger partial charge is 0.319 e. The summed E-state index contributed by atoms with van der Waals surface area (Å²) in [5.41, 5.74) is 4.22. The number of pyridine rings is 1. The lowest BCUT2D eigenvalue weighted by Crippen LogP contribution is -2.43. The van der Waals surface area contributed by atoms with E-state index in [-0.39, 0.29) is 53.7 Å². The summed E-state index contributed by atoms with van der Waals surface area (Å²) in [5, 5.41) is 11.1. The highest BCUT2D eigenvalue weighted by Crippen LogP contribution is 2.44. The average Bonchev–Trinajstić information content (AvgIpc) is 3.72. The molecule has 14 heteroatoms. The Kier molecular flexibility index (Phi) is 12.0. The van der Waals surface area contributed by atoms with Gasteiger partial charge in [0.05, 0.1) is 22.4 Å².